The summed E-state index contributed by atoms with van der Waals surface area (Å²) in [5, 5.41) is 5.54. The Labute approximate surface area is 84.2 Å². The Balaban J connectivity index is 2.22. The van der Waals surface area contributed by atoms with E-state index in [2.05, 4.69) is 29.9 Å². The maximum absolute atomic E-state index is 3.35. The number of rotatable bonds is 3. The van der Waals surface area contributed by atoms with Gasteiger partial charge in [-0.3, -0.25) is 0 Å². The van der Waals surface area contributed by atoms with Gasteiger partial charge in [0.1, 0.15) is 0 Å². The predicted molar refractivity (Wildman–Crippen MR) is 58.4 cm³/mol. The molecule has 0 radical (unpaired) electrons. The maximum Gasteiger partial charge on any atom is 0.0171 e. The van der Waals surface area contributed by atoms with Crippen LogP contribution in [0.25, 0.3) is 0 Å². The lowest BCUT2D eigenvalue weighted by molar-refractivity contribution is 0.429. The highest BCUT2D eigenvalue weighted by atomic mass is 32.1. The van der Waals surface area contributed by atoms with E-state index >= 15 is 0 Å². The molecule has 0 spiro atoms. The second-order valence-corrected chi connectivity index (χ2v) is 4.94. The summed E-state index contributed by atoms with van der Waals surface area (Å²) in [5.41, 5.74) is 0.475. The van der Waals surface area contributed by atoms with Crippen molar-refractivity contribution >= 4 is 11.3 Å². The van der Waals surface area contributed by atoms with Gasteiger partial charge in [0.25, 0.3) is 0 Å². The average molecular weight is 195 g/mol. The van der Waals surface area contributed by atoms with Crippen molar-refractivity contribution in [1.29, 1.82) is 0 Å². The van der Waals surface area contributed by atoms with Crippen molar-refractivity contribution in [2.24, 2.45) is 0 Å². The summed E-state index contributed by atoms with van der Waals surface area (Å²) in [4.78, 5) is 1.58. The Kier molecular flexibility index (Phi) is 2.70. The molecule has 0 unspecified atom stereocenters. The summed E-state index contributed by atoms with van der Waals surface area (Å²) in [7, 11) is 2.06. The average Bonchev–Trinajstić information content (AvgIpc) is 2.73. The van der Waals surface area contributed by atoms with Gasteiger partial charge in [-0.2, -0.15) is 0 Å². The van der Waals surface area contributed by atoms with Crippen molar-refractivity contribution in [3.05, 3.63) is 22.4 Å². The van der Waals surface area contributed by atoms with Crippen molar-refractivity contribution in [3.63, 3.8) is 0 Å². The molecule has 1 heterocycles. The predicted octanol–water partition coefficient (Wildman–Crippen LogP) is 2.78. The van der Waals surface area contributed by atoms with Gasteiger partial charge in [0, 0.05) is 16.8 Å². The molecule has 1 nitrogen and oxygen atoms in total. The number of nitrogens with one attached hydrogen (secondary N) is 1. The molecule has 1 N–H and O–H groups in total. The summed E-state index contributed by atoms with van der Waals surface area (Å²) in [5.74, 6) is 0. The topological polar surface area (TPSA) is 12.0 Å². The van der Waals surface area contributed by atoms with Gasteiger partial charge in [0.15, 0.2) is 0 Å². The Morgan fingerprint density at radius 3 is 2.77 bits per heavy atom. The van der Waals surface area contributed by atoms with Crippen LogP contribution in [-0.4, -0.2) is 13.6 Å². The molecule has 2 rings (SSSR count). The normalized spacial score (nSPS) is 20.7. The van der Waals surface area contributed by atoms with Crippen LogP contribution < -0.4 is 5.32 Å². The molecule has 1 aliphatic carbocycles. The van der Waals surface area contributed by atoms with Crippen LogP contribution in [0.5, 0.6) is 0 Å². The minimum absolute atomic E-state index is 0.475. The summed E-state index contributed by atoms with van der Waals surface area (Å²) in [6.07, 6.45) is 5.54. The maximum atomic E-state index is 3.35. The lowest BCUT2D eigenvalue weighted by atomic mass is 9.84. The van der Waals surface area contributed by atoms with Gasteiger partial charge in [-0.1, -0.05) is 18.9 Å². The number of thiophene rings is 1. The molecule has 0 aromatic carbocycles. The largest absolute Gasteiger partial charge is 0.319 e. The molecule has 13 heavy (non-hydrogen) atoms. The quantitative estimate of drug-likeness (QED) is 0.782. The van der Waals surface area contributed by atoms with Crippen LogP contribution in [0.15, 0.2) is 17.5 Å². The number of hydrogen-bond donors (Lipinski definition) is 1. The van der Waals surface area contributed by atoms with Crippen molar-refractivity contribution in [1.82, 2.24) is 5.32 Å². The highest BCUT2D eigenvalue weighted by Crippen LogP contribution is 2.42. The molecular formula is C11H17NS. The zero-order chi connectivity index (χ0) is 9.15. The SMILES string of the molecule is CNCC1(c2cccs2)CCCC1. The van der Waals surface area contributed by atoms with E-state index < -0.39 is 0 Å². The third-order valence-electron chi connectivity index (χ3n) is 3.12. The molecule has 0 bridgehead atoms. The molecule has 1 saturated carbocycles. The lowest BCUT2D eigenvalue weighted by Gasteiger charge is -2.27. The van der Waals surface area contributed by atoms with Crippen molar-refractivity contribution in [3.8, 4) is 0 Å². The standard InChI is InChI=1S/C11H17NS/c1-12-9-11(6-2-3-7-11)10-5-4-8-13-10/h4-5,8,12H,2-3,6-7,9H2,1H3. The zero-order valence-corrected chi connectivity index (χ0v) is 8.99. The zero-order valence-electron chi connectivity index (χ0n) is 8.18. The summed E-state index contributed by atoms with van der Waals surface area (Å²) in [6.45, 7) is 1.15. The highest BCUT2D eigenvalue weighted by Gasteiger charge is 2.35. The molecular weight excluding hydrogens is 178 g/mol. The number of hydrogen-bond acceptors (Lipinski definition) is 2. The molecule has 0 aliphatic heterocycles. The van der Waals surface area contributed by atoms with Gasteiger partial charge in [0.05, 0.1) is 0 Å². The first-order valence-corrected chi connectivity index (χ1v) is 5.94. The molecule has 1 fully saturated rings. The molecule has 0 amide bonds. The van der Waals surface area contributed by atoms with Crippen LogP contribution in [0.4, 0.5) is 0 Å². The Bertz CT molecular complexity index is 247. The summed E-state index contributed by atoms with van der Waals surface area (Å²) < 4.78 is 0. The van der Waals surface area contributed by atoms with Crippen LogP contribution in [0, 0.1) is 0 Å². The first-order chi connectivity index (χ1) is 6.37. The van der Waals surface area contributed by atoms with Crippen LogP contribution in [0.1, 0.15) is 30.6 Å². The fourth-order valence-electron chi connectivity index (χ4n) is 2.48. The smallest absolute Gasteiger partial charge is 0.0171 e. The minimum Gasteiger partial charge on any atom is -0.319 e. The first kappa shape index (κ1) is 9.22. The Morgan fingerprint density at radius 2 is 2.23 bits per heavy atom. The monoisotopic (exact) mass is 195 g/mol. The van der Waals surface area contributed by atoms with Gasteiger partial charge < -0.3 is 5.32 Å². The van der Waals surface area contributed by atoms with E-state index in [4.69, 9.17) is 0 Å². The van der Waals surface area contributed by atoms with E-state index in [0.29, 0.717) is 5.41 Å². The van der Waals surface area contributed by atoms with E-state index in [1.165, 1.54) is 25.7 Å². The van der Waals surface area contributed by atoms with E-state index in [1.54, 1.807) is 4.88 Å². The molecule has 2 heteroatoms. The van der Waals surface area contributed by atoms with Gasteiger partial charge >= 0.3 is 0 Å². The van der Waals surface area contributed by atoms with Crippen LogP contribution in [0.3, 0.4) is 0 Å². The molecule has 0 saturated heterocycles. The van der Waals surface area contributed by atoms with Crippen molar-refractivity contribution in [2.75, 3.05) is 13.6 Å². The lowest BCUT2D eigenvalue weighted by Crippen LogP contribution is -2.33. The van der Waals surface area contributed by atoms with E-state index in [1.807, 2.05) is 11.3 Å². The third-order valence-corrected chi connectivity index (χ3v) is 4.24. The molecule has 1 aromatic heterocycles. The first-order valence-electron chi connectivity index (χ1n) is 5.06. The van der Waals surface area contributed by atoms with Gasteiger partial charge in [-0.15, -0.1) is 11.3 Å². The highest BCUT2D eigenvalue weighted by molar-refractivity contribution is 7.10. The van der Waals surface area contributed by atoms with Crippen LogP contribution in [0.2, 0.25) is 0 Å². The second-order valence-electron chi connectivity index (χ2n) is 4.00. The van der Waals surface area contributed by atoms with Crippen LogP contribution >= 0.6 is 11.3 Å². The van der Waals surface area contributed by atoms with Gasteiger partial charge in [0.2, 0.25) is 0 Å². The van der Waals surface area contributed by atoms with Crippen LogP contribution in [-0.2, 0) is 5.41 Å². The number of likely N-dealkylation sites (N-methyl/N-ethyl adjacent to an activating group) is 1. The van der Waals surface area contributed by atoms with E-state index in [0.717, 1.165) is 6.54 Å². The molecule has 72 valence electrons. The fourth-order valence-corrected chi connectivity index (χ4v) is 3.47. The van der Waals surface area contributed by atoms with Crippen molar-refractivity contribution in [2.45, 2.75) is 31.1 Å². The van der Waals surface area contributed by atoms with E-state index in [9.17, 15) is 0 Å². The minimum atomic E-state index is 0.475. The third kappa shape index (κ3) is 1.65. The molecule has 1 aliphatic rings. The van der Waals surface area contributed by atoms with Gasteiger partial charge in [-0.05, 0) is 31.3 Å². The second kappa shape index (κ2) is 3.81. The summed E-state index contributed by atoms with van der Waals surface area (Å²) in [6, 6.07) is 4.48. The fraction of sp³-hybridized carbons (Fsp3) is 0.636. The van der Waals surface area contributed by atoms with Gasteiger partial charge in [-0.25, -0.2) is 0 Å². The Morgan fingerprint density at radius 1 is 1.46 bits per heavy atom. The van der Waals surface area contributed by atoms with Crippen molar-refractivity contribution < 1.29 is 0 Å². The molecule has 1 aromatic rings. The van der Waals surface area contributed by atoms with E-state index in [-0.39, 0.29) is 0 Å². The summed E-state index contributed by atoms with van der Waals surface area (Å²) >= 11 is 1.92. The molecule has 0 atom stereocenters. The Hall–Kier alpha value is -0.340.